The molecular formula is C13H16INO3S. The number of piperidine rings is 1. The van der Waals surface area contributed by atoms with E-state index in [2.05, 4.69) is 22.6 Å². The standard InChI is InChI=1S/C13H16INO3S/c14-11-6-10(8-19-11)13(18)15-5-1-2-9(7-15)3-4-12(16)17/h6,8-9H,1-5,7H2,(H,16,17). The smallest absolute Gasteiger partial charge is 0.303 e. The third-order valence-electron chi connectivity index (χ3n) is 3.39. The molecule has 0 saturated carbocycles. The Hall–Kier alpha value is -0.630. The van der Waals surface area contributed by atoms with Crippen LogP contribution in [0.3, 0.4) is 0 Å². The Kier molecular flexibility index (Phi) is 5.20. The number of hydrogen-bond donors (Lipinski definition) is 1. The molecule has 4 nitrogen and oxygen atoms in total. The van der Waals surface area contributed by atoms with Gasteiger partial charge in [-0.2, -0.15) is 0 Å². The van der Waals surface area contributed by atoms with Crippen LogP contribution in [0.25, 0.3) is 0 Å². The van der Waals surface area contributed by atoms with Gasteiger partial charge < -0.3 is 10.0 Å². The Labute approximate surface area is 129 Å². The molecule has 0 bridgehead atoms. The predicted molar refractivity (Wildman–Crippen MR) is 82.5 cm³/mol. The highest BCUT2D eigenvalue weighted by Gasteiger charge is 2.25. The summed E-state index contributed by atoms with van der Waals surface area (Å²) in [7, 11) is 0. The fourth-order valence-electron chi connectivity index (χ4n) is 2.42. The fourth-order valence-corrected chi connectivity index (χ4v) is 3.74. The lowest BCUT2D eigenvalue weighted by Gasteiger charge is -2.32. The van der Waals surface area contributed by atoms with Crippen molar-refractivity contribution in [2.24, 2.45) is 5.92 Å². The first kappa shape index (κ1) is 14.8. The molecule has 0 spiro atoms. The van der Waals surface area contributed by atoms with Crippen LogP contribution in [0.1, 0.15) is 36.0 Å². The van der Waals surface area contributed by atoms with Crippen molar-refractivity contribution in [1.29, 1.82) is 0 Å². The number of carboxylic acids is 1. The number of nitrogens with zero attached hydrogens (tertiary/aromatic N) is 1. The second kappa shape index (κ2) is 6.69. The van der Waals surface area contributed by atoms with Crippen molar-refractivity contribution in [3.05, 3.63) is 19.9 Å². The van der Waals surface area contributed by atoms with Crippen LogP contribution in [0.5, 0.6) is 0 Å². The van der Waals surface area contributed by atoms with E-state index >= 15 is 0 Å². The summed E-state index contributed by atoms with van der Waals surface area (Å²) in [6.07, 6.45) is 2.86. The summed E-state index contributed by atoms with van der Waals surface area (Å²) in [5.74, 6) is -0.346. The van der Waals surface area contributed by atoms with Gasteiger partial charge in [-0.05, 0) is 53.8 Å². The molecule has 2 rings (SSSR count). The molecule has 0 aliphatic carbocycles. The van der Waals surface area contributed by atoms with E-state index in [0.717, 1.165) is 27.8 Å². The molecule has 1 aromatic rings. The van der Waals surface area contributed by atoms with Crippen LogP contribution >= 0.6 is 33.9 Å². The molecule has 1 fully saturated rings. The van der Waals surface area contributed by atoms with Crippen LogP contribution in [0.2, 0.25) is 0 Å². The summed E-state index contributed by atoms with van der Waals surface area (Å²) in [6.45, 7) is 1.48. The maximum Gasteiger partial charge on any atom is 0.303 e. The first-order valence-electron chi connectivity index (χ1n) is 6.31. The van der Waals surface area contributed by atoms with Crippen LogP contribution in [0.15, 0.2) is 11.4 Å². The highest BCUT2D eigenvalue weighted by Crippen LogP contribution is 2.24. The van der Waals surface area contributed by atoms with Crippen LogP contribution in [0.4, 0.5) is 0 Å². The average molecular weight is 393 g/mol. The number of rotatable bonds is 4. The minimum Gasteiger partial charge on any atom is -0.481 e. The van der Waals surface area contributed by atoms with Gasteiger partial charge in [-0.15, -0.1) is 11.3 Å². The number of halogens is 1. The molecule has 1 aliphatic rings. The predicted octanol–water partition coefficient (Wildman–Crippen LogP) is 3.07. The third kappa shape index (κ3) is 4.17. The SMILES string of the molecule is O=C(O)CCC1CCCN(C(=O)c2csc(I)c2)C1. The van der Waals surface area contributed by atoms with Crippen LogP contribution in [0, 0.1) is 8.80 Å². The van der Waals surface area contributed by atoms with E-state index in [9.17, 15) is 9.59 Å². The number of amides is 1. The number of likely N-dealkylation sites (tertiary alicyclic amines) is 1. The van der Waals surface area contributed by atoms with Crippen LogP contribution in [-0.2, 0) is 4.79 Å². The molecule has 1 aliphatic heterocycles. The van der Waals surface area contributed by atoms with E-state index in [0.29, 0.717) is 18.9 Å². The van der Waals surface area contributed by atoms with E-state index in [1.54, 1.807) is 11.3 Å². The molecule has 6 heteroatoms. The van der Waals surface area contributed by atoms with Gasteiger partial charge in [-0.25, -0.2) is 0 Å². The number of carbonyl (C=O) groups is 2. The van der Waals surface area contributed by atoms with Gasteiger partial charge in [0.05, 0.1) is 8.45 Å². The topological polar surface area (TPSA) is 57.6 Å². The summed E-state index contributed by atoms with van der Waals surface area (Å²) < 4.78 is 1.11. The number of hydrogen-bond acceptors (Lipinski definition) is 3. The molecule has 1 N–H and O–H groups in total. The fraction of sp³-hybridized carbons (Fsp3) is 0.538. The molecule has 1 amide bonds. The Morgan fingerprint density at radius 3 is 2.95 bits per heavy atom. The van der Waals surface area contributed by atoms with Gasteiger partial charge in [0, 0.05) is 24.9 Å². The molecule has 1 unspecified atom stereocenters. The Balaban J connectivity index is 1.93. The number of aliphatic carboxylic acids is 1. The van der Waals surface area contributed by atoms with E-state index in [1.165, 1.54) is 0 Å². The quantitative estimate of drug-likeness (QED) is 0.801. The van der Waals surface area contributed by atoms with Crippen molar-refractivity contribution in [2.75, 3.05) is 13.1 Å². The molecule has 2 heterocycles. The van der Waals surface area contributed by atoms with Crippen molar-refractivity contribution >= 4 is 45.8 Å². The zero-order valence-corrected chi connectivity index (χ0v) is 13.4. The van der Waals surface area contributed by atoms with Gasteiger partial charge in [-0.3, -0.25) is 9.59 Å². The Bertz CT molecular complexity index is 474. The summed E-state index contributed by atoms with van der Waals surface area (Å²) in [5.41, 5.74) is 0.758. The Morgan fingerprint density at radius 1 is 1.53 bits per heavy atom. The molecule has 104 valence electrons. The monoisotopic (exact) mass is 393 g/mol. The minimum absolute atomic E-state index is 0.0826. The lowest BCUT2D eigenvalue weighted by molar-refractivity contribution is -0.137. The van der Waals surface area contributed by atoms with E-state index < -0.39 is 5.97 Å². The normalized spacial score (nSPS) is 19.4. The number of thiophene rings is 1. The molecule has 19 heavy (non-hydrogen) atoms. The first-order valence-corrected chi connectivity index (χ1v) is 8.27. The lowest BCUT2D eigenvalue weighted by Crippen LogP contribution is -2.39. The largest absolute Gasteiger partial charge is 0.481 e. The van der Waals surface area contributed by atoms with Crippen molar-refractivity contribution in [1.82, 2.24) is 4.90 Å². The maximum absolute atomic E-state index is 12.3. The van der Waals surface area contributed by atoms with Crippen molar-refractivity contribution in [3.8, 4) is 0 Å². The third-order valence-corrected chi connectivity index (χ3v) is 5.18. The second-order valence-corrected chi connectivity index (χ2v) is 7.64. The highest BCUT2D eigenvalue weighted by molar-refractivity contribution is 14.1. The average Bonchev–Trinajstić information content (AvgIpc) is 2.82. The number of carboxylic acid groups (broad SMARTS) is 1. The van der Waals surface area contributed by atoms with Gasteiger partial charge >= 0.3 is 5.97 Å². The zero-order chi connectivity index (χ0) is 13.8. The zero-order valence-electron chi connectivity index (χ0n) is 10.5. The summed E-state index contributed by atoms with van der Waals surface area (Å²) in [4.78, 5) is 24.8. The lowest BCUT2D eigenvalue weighted by atomic mass is 9.93. The van der Waals surface area contributed by atoms with E-state index in [1.807, 2.05) is 16.3 Å². The maximum atomic E-state index is 12.3. The van der Waals surface area contributed by atoms with Gasteiger partial charge in [-0.1, -0.05) is 0 Å². The second-order valence-electron chi connectivity index (χ2n) is 4.83. The van der Waals surface area contributed by atoms with Gasteiger partial charge in [0.25, 0.3) is 5.91 Å². The van der Waals surface area contributed by atoms with E-state index in [4.69, 9.17) is 5.11 Å². The minimum atomic E-state index is -0.754. The molecule has 0 radical (unpaired) electrons. The molecule has 1 aromatic heterocycles. The highest BCUT2D eigenvalue weighted by atomic mass is 127. The first-order chi connectivity index (χ1) is 9.06. The Morgan fingerprint density at radius 2 is 2.32 bits per heavy atom. The number of carbonyl (C=O) groups excluding carboxylic acids is 1. The molecule has 0 aromatic carbocycles. The summed E-state index contributed by atoms with van der Waals surface area (Å²) >= 11 is 3.79. The van der Waals surface area contributed by atoms with Crippen molar-refractivity contribution in [3.63, 3.8) is 0 Å². The molecule has 1 atom stereocenters. The van der Waals surface area contributed by atoms with Crippen molar-refractivity contribution < 1.29 is 14.7 Å². The van der Waals surface area contributed by atoms with Crippen LogP contribution < -0.4 is 0 Å². The van der Waals surface area contributed by atoms with E-state index in [-0.39, 0.29) is 12.3 Å². The molecular weight excluding hydrogens is 377 g/mol. The van der Waals surface area contributed by atoms with Gasteiger partial charge in [0.15, 0.2) is 0 Å². The van der Waals surface area contributed by atoms with Gasteiger partial charge in [0.2, 0.25) is 0 Å². The molecule has 1 saturated heterocycles. The van der Waals surface area contributed by atoms with Crippen molar-refractivity contribution in [2.45, 2.75) is 25.7 Å². The summed E-state index contributed by atoms with van der Waals surface area (Å²) in [6, 6.07) is 1.91. The van der Waals surface area contributed by atoms with Gasteiger partial charge in [0.1, 0.15) is 0 Å². The summed E-state index contributed by atoms with van der Waals surface area (Å²) in [5, 5.41) is 10.6. The van der Waals surface area contributed by atoms with Crippen LogP contribution in [-0.4, -0.2) is 35.0 Å².